The van der Waals surface area contributed by atoms with Crippen LogP contribution in [-0.2, 0) is 0 Å². The third kappa shape index (κ3) is 4.06. The number of likely N-dealkylation sites (N-methyl/N-ethyl adjacent to an activating group) is 1. The summed E-state index contributed by atoms with van der Waals surface area (Å²) < 4.78 is 13.1. The average Bonchev–Trinajstić information content (AvgIpc) is 2.75. The number of carbonyl (C=O) groups is 1. The molecule has 1 aromatic carbocycles. The molecule has 0 N–H and O–H groups in total. The predicted molar refractivity (Wildman–Crippen MR) is 106 cm³/mol. The van der Waals surface area contributed by atoms with Gasteiger partial charge in [-0.05, 0) is 37.4 Å². The molecule has 0 unspecified atom stereocenters. The van der Waals surface area contributed by atoms with E-state index in [2.05, 4.69) is 31.7 Å². The van der Waals surface area contributed by atoms with Crippen molar-refractivity contribution in [2.24, 2.45) is 0 Å². The summed E-state index contributed by atoms with van der Waals surface area (Å²) in [4.78, 5) is 30.1. The summed E-state index contributed by atoms with van der Waals surface area (Å²) in [5.41, 5.74) is 1.47. The monoisotopic (exact) mass is 384 g/mol. The van der Waals surface area contributed by atoms with Crippen LogP contribution in [0.1, 0.15) is 10.5 Å². The molecule has 0 bridgehead atoms. The van der Waals surface area contributed by atoms with E-state index in [9.17, 15) is 9.18 Å². The van der Waals surface area contributed by atoms with E-state index in [-0.39, 0.29) is 11.7 Å². The zero-order valence-corrected chi connectivity index (χ0v) is 16.1. The molecule has 148 valence electrons. The van der Waals surface area contributed by atoms with Gasteiger partial charge >= 0.3 is 0 Å². The van der Waals surface area contributed by atoms with Crippen molar-refractivity contribution in [1.29, 1.82) is 0 Å². The Morgan fingerprint density at radius 2 is 1.54 bits per heavy atom. The van der Waals surface area contributed by atoms with Crippen molar-refractivity contribution in [2.45, 2.75) is 0 Å². The highest BCUT2D eigenvalue weighted by atomic mass is 19.1. The second-order valence-electron chi connectivity index (χ2n) is 7.29. The number of benzene rings is 1. The van der Waals surface area contributed by atoms with Crippen LogP contribution in [0.4, 0.5) is 16.0 Å². The number of aromatic nitrogens is 2. The van der Waals surface area contributed by atoms with Gasteiger partial charge in [-0.3, -0.25) is 4.79 Å². The van der Waals surface area contributed by atoms with Crippen molar-refractivity contribution in [3.63, 3.8) is 0 Å². The molecule has 4 rings (SSSR count). The first-order valence-electron chi connectivity index (χ1n) is 9.66. The molecular formula is C20H25FN6O. The van der Waals surface area contributed by atoms with E-state index in [1.165, 1.54) is 12.1 Å². The van der Waals surface area contributed by atoms with E-state index in [1.54, 1.807) is 24.4 Å². The van der Waals surface area contributed by atoms with Gasteiger partial charge in [-0.2, -0.15) is 0 Å². The molecular weight excluding hydrogens is 359 g/mol. The molecule has 2 saturated heterocycles. The fourth-order valence-corrected chi connectivity index (χ4v) is 3.61. The van der Waals surface area contributed by atoms with Crippen molar-refractivity contribution < 1.29 is 9.18 Å². The highest BCUT2D eigenvalue weighted by Gasteiger charge is 2.24. The van der Waals surface area contributed by atoms with Crippen LogP contribution in [0.2, 0.25) is 0 Å². The lowest BCUT2D eigenvalue weighted by molar-refractivity contribution is 0.0658. The van der Waals surface area contributed by atoms with Crippen molar-refractivity contribution >= 4 is 17.5 Å². The third-order valence-electron chi connectivity index (χ3n) is 5.41. The van der Waals surface area contributed by atoms with Gasteiger partial charge in [-0.1, -0.05) is 0 Å². The van der Waals surface area contributed by atoms with Crippen LogP contribution in [0.5, 0.6) is 0 Å². The van der Waals surface area contributed by atoms with E-state index < -0.39 is 0 Å². The number of halogens is 1. The maximum Gasteiger partial charge on any atom is 0.272 e. The molecule has 0 saturated carbocycles. The minimum absolute atomic E-state index is 0.0262. The van der Waals surface area contributed by atoms with Gasteiger partial charge in [0.05, 0.1) is 0 Å². The van der Waals surface area contributed by atoms with Crippen molar-refractivity contribution in [2.75, 3.05) is 69.2 Å². The fraction of sp³-hybridized carbons (Fsp3) is 0.450. The van der Waals surface area contributed by atoms with Gasteiger partial charge in [0, 0.05) is 64.2 Å². The molecule has 2 aliphatic heterocycles. The summed E-state index contributed by atoms with van der Waals surface area (Å²) in [5, 5.41) is 0. The molecule has 0 radical (unpaired) electrons. The maximum atomic E-state index is 13.1. The van der Waals surface area contributed by atoms with Gasteiger partial charge in [0.2, 0.25) is 5.95 Å². The predicted octanol–water partition coefficient (Wildman–Crippen LogP) is 1.33. The first kappa shape index (κ1) is 18.6. The Balaban J connectivity index is 1.39. The Morgan fingerprint density at radius 3 is 2.21 bits per heavy atom. The number of amides is 1. The highest BCUT2D eigenvalue weighted by molar-refractivity contribution is 5.92. The van der Waals surface area contributed by atoms with Gasteiger partial charge in [0.25, 0.3) is 5.91 Å². The lowest BCUT2D eigenvalue weighted by Crippen LogP contribution is -2.48. The Hall–Kier alpha value is -2.74. The Morgan fingerprint density at radius 1 is 0.893 bits per heavy atom. The molecule has 0 spiro atoms. The third-order valence-corrected chi connectivity index (χ3v) is 5.41. The zero-order chi connectivity index (χ0) is 19.5. The van der Waals surface area contributed by atoms with E-state index in [0.717, 1.165) is 58.0 Å². The second kappa shape index (κ2) is 8.10. The van der Waals surface area contributed by atoms with Gasteiger partial charge in [0.15, 0.2) is 0 Å². The number of carbonyl (C=O) groups excluding carboxylic acids is 1. The highest BCUT2D eigenvalue weighted by Crippen LogP contribution is 2.19. The molecule has 7 nitrogen and oxygen atoms in total. The molecule has 2 aliphatic rings. The molecule has 1 amide bonds. The van der Waals surface area contributed by atoms with Gasteiger partial charge in [0.1, 0.15) is 11.5 Å². The van der Waals surface area contributed by atoms with E-state index in [0.29, 0.717) is 11.6 Å². The molecule has 1 aromatic heterocycles. The number of anilines is 2. The van der Waals surface area contributed by atoms with Crippen LogP contribution in [0.3, 0.4) is 0 Å². The lowest BCUT2D eigenvalue weighted by Gasteiger charge is -2.36. The standard InChI is InChI=1S/C20H25FN6O/c1-24-8-10-26(11-9-24)19(28)18-6-7-22-20(23-18)27-14-12-25(13-15-27)17-4-2-16(21)3-5-17/h2-7H,8-15H2,1H3. The summed E-state index contributed by atoms with van der Waals surface area (Å²) in [7, 11) is 2.07. The van der Waals surface area contributed by atoms with Crippen LogP contribution < -0.4 is 9.80 Å². The smallest absolute Gasteiger partial charge is 0.272 e. The number of nitrogens with zero attached hydrogens (tertiary/aromatic N) is 6. The maximum absolute atomic E-state index is 13.1. The molecule has 8 heteroatoms. The Bertz CT molecular complexity index is 814. The van der Waals surface area contributed by atoms with E-state index in [4.69, 9.17) is 0 Å². The first-order chi connectivity index (χ1) is 13.6. The second-order valence-corrected chi connectivity index (χ2v) is 7.29. The number of hydrogen-bond acceptors (Lipinski definition) is 6. The minimum Gasteiger partial charge on any atom is -0.368 e. The summed E-state index contributed by atoms with van der Waals surface area (Å²) in [6, 6.07) is 8.27. The van der Waals surface area contributed by atoms with Crippen LogP contribution in [0, 0.1) is 5.82 Å². The topological polar surface area (TPSA) is 55.8 Å². The molecule has 28 heavy (non-hydrogen) atoms. The van der Waals surface area contributed by atoms with Gasteiger partial charge in [-0.25, -0.2) is 14.4 Å². The number of piperazine rings is 2. The first-order valence-corrected chi connectivity index (χ1v) is 9.66. The quantitative estimate of drug-likeness (QED) is 0.796. The van der Waals surface area contributed by atoms with Crippen molar-refractivity contribution in [1.82, 2.24) is 19.8 Å². The van der Waals surface area contributed by atoms with Crippen molar-refractivity contribution in [3.8, 4) is 0 Å². The van der Waals surface area contributed by atoms with Crippen LogP contribution in [0.15, 0.2) is 36.5 Å². The normalized spacial score (nSPS) is 18.4. The molecule has 3 heterocycles. The average molecular weight is 384 g/mol. The zero-order valence-electron chi connectivity index (χ0n) is 16.1. The molecule has 2 fully saturated rings. The van der Waals surface area contributed by atoms with E-state index in [1.807, 2.05) is 4.90 Å². The van der Waals surface area contributed by atoms with E-state index >= 15 is 0 Å². The number of rotatable bonds is 3. The summed E-state index contributed by atoms with van der Waals surface area (Å²) in [6.45, 7) is 6.32. The molecule has 0 atom stereocenters. The largest absolute Gasteiger partial charge is 0.368 e. The molecule has 2 aromatic rings. The minimum atomic E-state index is -0.224. The Kier molecular flexibility index (Phi) is 5.38. The SMILES string of the molecule is CN1CCN(C(=O)c2ccnc(N3CCN(c4ccc(F)cc4)CC3)n2)CC1. The van der Waals surface area contributed by atoms with Crippen LogP contribution >= 0.6 is 0 Å². The summed E-state index contributed by atoms with van der Waals surface area (Å²) in [5.74, 6) is 0.345. The fourth-order valence-electron chi connectivity index (χ4n) is 3.61. The van der Waals surface area contributed by atoms with Gasteiger partial charge < -0.3 is 19.6 Å². The van der Waals surface area contributed by atoms with Gasteiger partial charge in [-0.15, -0.1) is 0 Å². The van der Waals surface area contributed by atoms with Crippen LogP contribution in [-0.4, -0.2) is 85.1 Å². The van der Waals surface area contributed by atoms with Crippen molar-refractivity contribution in [3.05, 3.63) is 48.0 Å². The number of hydrogen-bond donors (Lipinski definition) is 0. The molecule has 0 aliphatic carbocycles. The lowest BCUT2D eigenvalue weighted by atomic mass is 10.2. The van der Waals surface area contributed by atoms with Crippen LogP contribution in [0.25, 0.3) is 0 Å². The Labute approximate surface area is 164 Å². The summed E-state index contributed by atoms with van der Waals surface area (Å²) in [6.07, 6.45) is 1.66. The summed E-state index contributed by atoms with van der Waals surface area (Å²) >= 11 is 0.